The van der Waals surface area contributed by atoms with E-state index in [-0.39, 0.29) is 11.1 Å². The predicted molar refractivity (Wildman–Crippen MR) is 80.1 cm³/mol. The van der Waals surface area contributed by atoms with Crippen LogP contribution in [-0.2, 0) is 6.54 Å². The number of aryl methyl sites for hydroxylation is 2. The van der Waals surface area contributed by atoms with Crippen LogP contribution in [0.5, 0.6) is 0 Å². The van der Waals surface area contributed by atoms with Crippen molar-refractivity contribution in [2.24, 2.45) is 0 Å². The van der Waals surface area contributed by atoms with Gasteiger partial charge in [-0.25, -0.2) is 4.39 Å². The van der Waals surface area contributed by atoms with Gasteiger partial charge in [-0.1, -0.05) is 18.6 Å². The van der Waals surface area contributed by atoms with E-state index in [4.69, 9.17) is 0 Å². The molecule has 5 heteroatoms. The summed E-state index contributed by atoms with van der Waals surface area (Å²) in [4.78, 5) is 23.7. The maximum absolute atomic E-state index is 13.7. The molecular weight excluding hydrogens is 271 g/mol. The largest absolute Gasteiger partial charge is 0.321 e. The van der Waals surface area contributed by atoms with Crippen LogP contribution in [-0.4, -0.2) is 10.5 Å². The molecule has 1 heterocycles. The first-order valence-electron chi connectivity index (χ1n) is 6.79. The van der Waals surface area contributed by atoms with E-state index >= 15 is 0 Å². The van der Waals surface area contributed by atoms with Gasteiger partial charge in [0.05, 0.1) is 11.3 Å². The molecule has 0 saturated heterocycles. The van der Waals surface area contributed by atoms with Gasteiger partial charge in [0.1, 0.15) is 5.82 Å². The van der Waals surface area contributed by atoms with Crippen LogP contribution in [0.4, 0.5) is 10.1 Å². The number of hydrogen-bond acceptors (Lipinski definition) is 2. The molecular formula is C16H17FN2O2. The van der Waals surface area contributed by atoms with Crippen molar-refractivity contribution in [1.82, 2.24) is 4.57 Å². The minimum atomic E-state index is -0.569. The van der Waals surface area contributed by atoms with Gasteiger partial charge in [0.2, 0.25) is 0 Å². The van der Waals surface area contributed by atoms with Crippen LogP contribution < -0.4 is 10.9 Å². The molecule has 1 aromatic heterocycles. The fourth-order valence-electron chi connectivity index (χ4n) is 2.03. The molecule has 0 radical (unpaired) electrons. The average molecular weight is 288 g/mol. The highest BCUT2D eigenvalue weighted by Crippen LogP contribution is 2.13. The lowest BCUT2D eigenvalue weighted by atomic mass is 10.1. The third-order valence-corrected chi connectivity index (χ3v) is 3.07. The Morgan fingerprint density at radius 2 is 2.05 bits per heavy atom. The zero-order valence-corrected chi connectivity index (χ0v) is 12.0. The average Bonchev–Trinajstić information content (AvgIpc) is 2.45. The molecule has 1 amide bonds. The summed E-state index contributed by atoms with van der Waals surface area (Å²) in [6.07, 6.45) is 2.38. The summed E-state index contributed by atoms with van der Waals surface area (Å²) in [5, 5.41) is 2.61. The predicted octanol–water partition coefficient (Wildman–Crippen LogP) is 2.96. The van der Waals surface area contributed by atoms with Crippen molar-refractivity contribution in [2.45, 2.75) is 26.8 Å². The number of nitrogens with zero attached hydrogens (tertiary/aromatic N) is 1. The maximum Gasteiger partial charge on any atom is 0.258 e. The van der Waals surface area contributed by atoms with Gasteiger partial charge in [-0.15, -0.1) is 0 Å². The minimum absolute atomic E-state index is 0.0109. The SMILES string of the molecule is CCCn1cc(NC(=O)c2cc(C)ccc2F)ccc1=O. The Hall–Kier alpha value is -2.43. The molecule has 0 unspecified atom stereocenters. The molecule has 4 nitrogen and oxygen atoms in total. The van der Waals surface area contributed by atoms with Crippen LogP contribution in [0.3, 0.4) is 0 Å². The fraction of sp³-hybridized carbons (Fsp3) is 0.250. The van der Waals surface area contributed by atoms with E-state index in [0.29, 0.717) is 12.2 Å². The molecule has 0 aliphatic heterocycles. The highest BCUT2D eigenvalue weighted by Gasteiger charge is 2.12. The molecule has 0 fully saturated rings. The van der Waals surface area contributed by atoms with Crippen LogP contribution in [0.15, 0.2) is 41.3 Å². The van der Waals surface area contributed by atoms with Crippen LogP contribution in [0.25, 0.3) is 0 Å². The number of pyridine rings is 1. The zero-order chi connectivity index (χ0) is 15.4. The number of carbonyl (C=O) groups excluding carboxylic acids is 1. The second kappa shape index (κ2) is 6.35. The third-order valence-electron chi connectivity index (χ3n) is 3.07. The van der Waals surface area contributed by atoms with E-state index in [1.165, 1.54) is 28.8 Å². The molecule has 21 heavy (non-hydrogen) atoms. The van der Waals surface area contributed by atoms with Gasteiger partial charge < -0.3 is 9.88 Å². The summed E-state index contributed by atoms with van der Waals surface area (Å²) in [5.74, 6) is -1.10. The number of hydrogen-bond donors (Lipinski definition) is 1. The second-order valence-corrected chi connectivity index (χ2v) is 4.89. The zero-order valence-electron chi connectivity index (χ0n) is 12.0. The van der Waals surface area contributed by atoms with Crippen molar-refractivity contribution in [3.05, 3.63) is 63.8 Å². The lowest BCUT2D eigenvalue weighted by Crippen LogP contribution is -2.21. The molecule has 0 aliphatic rings. The van der Waals surface area contributed by atoms with Gasteiger partial charge in [-0.2, -0.15) is 0 Å². The first-order chi connectivity index (χ1) is 10.0. The number of halogens is 1. The van der Waals surface area contributed by atoms with E-state index in [1.54, 1.807) is 19.2 Å². The third kappa shape index (κ3) is 3.56. The standard InChI is InChI=1S/C16H17FN2O2/c1-3-8-19-10-12(5-7-15(19)20)18-16(21)13-9-11(2)4-6-14(13)17/h4-7,9-10H,3,8H2,1-2H3,(H,18,21). The summed E-state index contributed by atoms with van der Waals surface area (Å²) < 4.78 is 15.2. The van der Waals surface area contributed by atoms with Crippen molar-refractivity contribution >= 4 is 11.6 Å². The molecule has 110 valence electrons. The van der Waals surface area contributed by atoms with Crippen LogP contribution in [0.2, 0.25) is 0 Å². The van der Waals surface area contributed by atoms with E-state index in [2.05, 4.69) is 5.32 Å². The van der Waals surface area contributed by atoms with Gasteiger partial charge in [0, 0.05) is 18.8 Å². The Balaban J connectivity index is 2.25. The van der Waals surface area contributed by atoms with Gasteiger partial charge in [-0.05, 0) is 31.5 Å². The van der Waals surface area contributed by atoms with Crippen LogP contribution >= 0.6 is 0 Å². The van der Waals surface area contributed by atoms with Gasteiger partial charge >= 0.3 is 0 Å². The molecule has 2 aromatic rings. The Morgan fingerprint density at radius 3 is 2.76 bits per heavy atom. The van der Waals surface area contributed by atoms with E-state index in [1.807, 2.05) is 6.92 Å². The van der Waals surface area contributed by atoms with E-state index in [9.17, 15) is 14.0 Å². The quantitative estimate of drug-likeness (QED) is 0.940. The molecule has 1 N–H and O–H groups in total. The number of nitrogens with one attached hydrogen (secondary N) is 1. The number of anilines is 1. The molecule has 0 atom stereocenters. The summed E-state index contributed by atoms with van der Waals surface area (Å²) in [6.45, 7) is 4.32. The molecule has 2 rings (SSSR count). The number of rotatable bonds is 4. The summed E-state index contributed by atoms with van der Waals surface area (Å²) in [7, 11) is 0. The van der Waals surface area contributed by atoms with E-state index in [0.717, 1.165) is 12.0 Å². The number of benzene rings is 1. The number of amides is 1. The summed E-state index contributed by atoms with van der Waals surface area (Å²) in [6, 6.07) is 7.26. The monoisotopic (exact) mass is 288 g/mol. The Kier molecular flexibility index (Phi) is 4.52. The van der Waals surface area contributed by atoms with Gasteiger partial charge in [-0.3, -0.25) is 9.59 Å². The van der Waals surface area contributed by atoms with Gasteiger partial charge in [0.15, 0.2) is 0 Å². The molecule has 0 bridgehead atoms. The molecule has 0 aliphatic carbocycles. The fourth-order valence-corrected chi connectivity index (χ4v) is 2.03. The normalized spacial score (nSPS) is 10.4. The maximum atomic E-state index is 13.7. The minimum Gasteiger partial charge on any atom is -0.321 e. The first kappa shape index (κ1) is 15.0. The molecule has 1 aromatic carbocycles. The Morgan fingerprint density at radius 1 is 1.29 bits per heavy atom. The molecule has 0 spiro atoms. The van der Waals surface area contributed by atoms with Crippen molar-refractivity contribution in [2.75, 3.05) is 5.32 Å². The Labute approximate surface area is 122 Å². The molecule has 0 saturated carbocycles. The van der Waals surface area contributed by atoms with Crippen molar-refractivity contribution in [3.8, 4) is 0 Å². The summed E-state index contributed by atoms with van der Waals surface area (Å²) >= 11 is 0. The topological polar surface area (TPSA) is 51.1 Å². The van der Waals surface area contributed by atoms with Gasteiger partial charge in [0.25, 0.3) is 11.5 Å². The van der Waals surface area contributed by atoms with E-state index < -0.39 is 11.7 Å². The van der Waals surface area contributed by atoms with Crippen molar-refractivity contribution in [1.29, 1.82) is 0 Å². The smallest absolute Gasteiger partial charge is 0.258 e. The van der Waals surface area contributed by atoms with Crippen molar-refractivity contribution < 1.29 is 9.18 Å². The lowest BCUT2D eigenvalue weighted by Gasteiger charge is -2.09. The van der Waals surface area contributed by atoms with Crippen LogP contribution in [0, 0.1) is 12.7 Å². The van der Waals surface area contributed by atoms with Crippen LogP contribution in [0.1, 0.15) is 29.3 Å². The number of aromatic nitrogens is 1. The van der Waals surface area contributed by atoms with Crippen molar-refractivity contribution in [3.63, 3.8) is 0 Å². The highest BCUT2D eigenvalue weighted by molar-refractivity contribution is 6.04. The lowest BCUT2D eigenvalue weighted by molar-refractivity contribution is 0.102. The summed E-state index contributed by atoms with van der Waals surface area (Å²) in [5.41, 5.74) is 1.13. The first-order valence-corrected chi connectivity index (χ1v) is 6.79. The number of carbonyl (C=O) groups is 1. The Bertz CT molecular complexity index is 722. The second-order valence-electron chi connectivity index (χ2n) is 4.89. The highest BCUT2D eigenvalue weighted by atomic mass is 19.1.